The zero-order chi connectivity index (χ0) is 32.3. The Morgan fingerprint density at radius 1 is 1.02 bits per heavy atom. The zero-order valence-corrected chi connectivity index (χ0v) is 27.2. The Balaban J connectivity index is 1.59. The molecule has 4 saturated carbocycles. The first-order chi connectivity index (χ1) is 20.5. The van der Waals surface area contributed by atoms with Crippen molar-refractivity contribution in [3.05, 3.63) is 12.2 Å². The molecule has 244 valence electrons. The number of carbonyl (C=O) groups excluding carboxylic acids is 4. The molecule has 12 atom stereocenters. The maximum absolute atomic E-state index is 14.4. The fourth-order valence-corrected chi connectivity index (χ4v) is 11.8. The smallest absolute Gasteiger partial charge is 0.338 e. The van der Waals surface area contributed by atoms with Crippen LogP contribution in [0.4, 0.5) is 0 Å². The van der Waals surface area contributed by atoms with E-state index < -0.39 is 86.9 Å². The van der Waals surface area contributed by atoms with Crippen molar-refractivity contribution in [2.75, 3.05) is 13.7 Å². The van der Waals surface area contributed by atoms with Gasteiger partial charge in [-0.05, 0) is 74.5 Å². The van der Waals surface area contributed by atoms with Crippen molar-refractivity contribution < 1.29 is 48.0 Å². The summed E-state index contributed by atoms with van der Waals surface area (Å²) in [5.74, 6) is -2.57. The predicted octanol–water partition coefficient (Wildman–Crippen LogP) is 4.05. The lowest BCUT2D eigenvalue weighted by Crippen LogP contribution is -2.79. The molecule has 0 radical (unpaired) electrons. The lowest BCUT2D eigenvalue weighted by atomic mass is 9.29. The number of methoxy groups -OCH3 is 1. The number of hydrogen-bond donors (Lipinski definition) is 1. The van der Waals surface area contributed by atoms with E-state index in [9.17, 15) is 24.3 Å². The number of epoxide rings is 1. The third-order valence-electron chi connectivity index (χ3n) is 13.7. The number of hydrogen-bond acceptors (Lipinski definition) is 10. The summed E-state index contributed by atoms with van der Waals surface area (Å²) in [5, 5.41) is 13.1. The Labute approximate surface area is 259 Å². The normalized spacial score (nSPS) is 50.6. The standard InChI is InChI=1S/C34H48O10/c1-18-9-10-29(5)11-13-31(7)25-22(43-21(4)36)16-32(17-41-20(3)35)19(2)42-27(37)24-23(44-24)26(32)30(25,6)12-14-33(31,28(38)40-8)34(29,39)15-18/h19,22-26,39H,1,9-17H2,2-8H3/t19-,22-,23-,24+,25+,26+,29-,30-,31-,32+,33+,34+/m1/s1. The van der Waals surface area contributed by atoms with Crippen LogP contribution in [0.5, 0.6) is 0 Å². The van der Waals surface area contributed by atoms with Gasteiger partial charge in [0.05, 0.1) is 24.2 Å². The average Bonchev–Trinajstić information content (AvgIpc) is 3.72. The second-order valence-corrected chi connectivity index (χ2v) is 15.6. The molecular weight excluding hydrogens is 568 g/mol. The minimum atomic E-state index is -1.43. The van der Waals surface area contributed by atoms with E-state index >= 15 is 0 Å². The Bertz CT molecular complexity index is 1310. The second-order valence-electron chi connectivity index (χ2n) is 15.6. The monoisotopic (exact) mass is 616 g/mol. The van der Waals surface area contributed by atoms with E-state index in [1.54, 1.807) is 0 Å². The van der Waals surface area contributed by atoms with Gasteiger partial charge in [0.1, 0.15) is 24.2 Å². The van der Waals surface area contributed by atoms with Gasteiger partial charge >= 0.3 is 23.9 Å². The van der Waals surface area contributed by atoms with Crippen molar-refractivity contribution >= 4 is 23.9 Å². The fourth-order valence-electron chi connectivity index (χ4n) is 11.8. The van der Waals surface area contributed by atoms with Gasteiger partial charge in [-0.15, -0.1) is 0 Å². The van der Waals surface area contributed by atoms with Crippen LogP contribution in [-0.2, 0) is 42.9 Å². The van der Waals surface area contributed by atoms with Crippen molar-refractivity contribution in [3.63, 3.8) is 0 Å². The summed E-state index contributed by atoms with van der Waals surface area (Å²) >= 11 is 0. The molecular formula is C34H48O10. The third kappa shape index (κ3) is 3.79. The lowest BCUT2D eigenvalue weighted by molar-refractivity contribution is -0.326. The zero-order valence-electron chi connectivity index (χ0n) is 27.2. The molecule has 10 nitrogen and oxygen atoms in total. The van der Waals surface area contributed by atoms with Gasteiger partial charge in [-0.2, -0.15) is 0 Å². The van der Waals surface area contributed by atoms with Crippen molar-refractivity contribution in [1.82, 2.24) is 0 Å². The molecule has 0 aromatic rings. The van der Waals surface area contributed by atoms with Gasteiger partial charge in [-0.1, -0.05) is 32.9 Å². The minimum Gasteiger partial charge on any atom is -0.468 e. The summed E-state index contributed by atoms with van der Waals surface area (Å²) in [7, 11) is 1.38. The molecule has 6 rings (SSSR count). The summed E-state index contributed by atoms with van der Waals surface area (Å²) in [5.41, 5.74) is -4.83. The largest absolute Gasteiger partial charge is 0.468 e. The van der Waals surface area contributed by atoms with E-state index in [1.807, 2.05) is 6.92 Å². The summed E-state index contributed by atoms with van der Waals surface area (Å²) in [6, 6.07) is 0. The van der Waals surface area contributed by atoms with Crippen LogP contribution in [0.2, 0.25) is 0 Å². The van der Waals surface area contributed by atoms with Gasteiger partial charge in [0.2, 0.25) is 0 Å². The van der Waals surface area contributed by atoms with E-state index in [-0.39, 0.29) is 18.9 Å². The number of fused-ring (bicyclic) bond motifs is 9. The summed E-state index contributed by atoms with van der Waals surface area (Å²) in [6.07, 6.45) is 1.52. The molecule has 2 aliphatic heterocycles. The molecule has 0 bridgehead atoms. The van der Waals surface area contributed by atoms with Crippen LogP contribution in [0.3, 0.4) is 0 Å². The predicted molar refractivity (Wildman–Crippen MR) is 156 cm³/mol. The molecule has 6 fully saturated rings. The molecule has 0 aromatic heterocycles. The molecule has 6 aliphatic rings. The highest BCUT2D eigenvalue weighted by atomic mass is 16.6. The molecule has 0 unspecified atom stereocenters. The van der Waals surface area contributed by atoms with Crippen LogP contribution in [-0.4, -0.2) is 72.7 Å². The molecule has 10 heteroatoms. The number of esters is 4. The van der Waals surface area contributed by atoms with Gasteiger partial charge in [0.15, 0.2) is 6.10 Å². The second kappa shape index (κ2) is 9.77. The lowest BCUT2D eigenvalue weighted by Gasteiger charge is -2.75. The summed E-state index contributed by atoms with van der Waals surface area (Å²) in [6.45, 7) is 15.1. The van der Waals surface area contributed by atoms with Gasteiger partial charge in [-0.25, -0.2) is 4.79 Å². The third-order valence-corrected chi connectivity index (χ3v) is 13.7. The quantitative estimate of drug-likeness (QED) is 0.213. The summed E-state index contributed by atoms with van der Waals surface area (Å²) < 4.78 is 29.6. The van der Waals surface area contributed by atoms with Gasteiger partial charge in [0, 0.05) is 25.7 Å². The molecule has 2 saturated heterocycles. The van der Waals surface area contributed by atoms with Gasteiger partial charge in [0.25, 0.3) is 0 Å². The van der Waals surface area contributed by atoms with Crippen molar-refractivity contribution in [1.29, 1.82) is 0 Å². The van der Waals surface area contributed by atoms with E-state index in [0.717, 1.165) is 18.4 Å². The number of ether oxygens (including phenoxy) is 5. The molecule has 1 N–H and O–H groups in total. The fraction of sp³-hybridized carbons (Fsp3) is 0.824. The van der Waals surface area contributed by atoms with Crippen LogP contribution < -0.4 is 0 Å². The summed E-state index contributed by atoms with van der Waals surface area (Å²) in [4.78, 5) is 52.6. The van der Waals surface area contributed by atoms with Gasteiger partial charge < -0.3 is 28.8 Å². The first-order valence-electron chi connectivity index (χ1n) is 16.1. The maximum Gasteiger partial charge on any atom is 0.338 e. The van der Waals surface area contributed by atoms with E-state index in [0.29, 0.717) is 32.1 Å². The van der Waals surface area contributed by atoms with Crippen LogP contribution in [0.15, 0.2) is 12.2 Å². The van der Waals surface area contributed by atoms with Crippen molar-refractivity contribution in [2.24, 2.45) is 38.9 Å². The molecule has 0 aromatic carbocycles. The topological polar surface area (TPSA) is 138 Å². The van der Waals surface area contributed by atoms with E-state index in [2.05, 4.69) is 27.4 Å². The Kier molecular flexibility index (Phi) is 7.00. The number of aliphatic hydroxyl groups is 1. The van der Waals surface area contributed by atoms with Crippen molar-refractivity contribution in [3.8, 4) is 0 Å². The van der Waals surface area contributed by atoms with Crippen LogP contribution in [0.1, 0.15) is 92.9 Å². The molecule has 44 heavy (non-hydrogen) atoms. The van der Waals surface area contributed by atoms with Crippen molar-refractivity contribution in [2.45, 2.75) is 123 Å². The SMILES string of the molecule is C=C1CC[C@]2(C)CC[C@]3(C)[C@H]4[C@H](OC(C)=O)C[C@]5(COC(C)=O)[C@@H](C)OC(=O)[C@H]6O[C@H]6[C@H]5[C@]4(C)CC[C@@]3(C(=O)OC)[C@]2(O)C1. The molecule has 4 aliphatic carbocycles. The highest BCUT2D eigenvalue weighted by Crippen LogP contribution is 2.79. The van der Waals surface area contributed by atoms with Gasteiger partial charge in [-0.3, -0.25) is 14.4 Å². The average molecular weight is 617 g/mol. The highest BCUT2D eigenvalue weighted by molar-refractivity contribution is 5.81. The molecule has 2 heterocycles. The minimum absolute atomic E-state index is 0.0329. The maximum atomic E-state index is 14.4. The number of rotatable bonds is 4. The Morgan fingerprint density at radius 2 is 1.73 bits per heavy atom. The highest BCUT2D eigenvalue weighted by Gasteiger charge is 2.83. The van der Waals surface area contributed by atoms with E-state index in [1.165, 1.54) is 21.0 Å². The Hall–Kier alpha value is -2.46. The van der Waals surface area contributed by atoms with Crippen LogP contribution in [0, 0.1) is 38.9 Å². The first kappa shape index (κ1) is 31.5. The number of cyclic esters (lactones) is 1. The van der Waals surface area contributed by atoms with E-state index in [4.69, 9.17) is 23.7 Å². The molecule has 0 amide bonds. The Morgan fingerprint density at radius 3 is 2.36 bits per heavy atom. The van der Waals surface area contributed by atoms with Crippen LogP contribution in [0.25, 0.3) is 0 Å². The number of carbonyl (C=O) groups is 4. The van der Waals surface area contributed by atoms with Crippen LogP contribution >= 0.6 is 0 Å². The molecule has 0 spiro atoms. The first-order valence-corrected chi connectivity index (χ1v) is 16.1.